The minimum absolute atomic E-state index is 0.0964. The molecule has 0 unspecified atom stereocenters. The molecule has 0 aromatic carbocycles. The van der Waals surface area contributed by atoms with Gasteiger partial charge in [-0.1, -0.05) is 18.2 Å². The van der Waals surface area contributed by atoms with Gasteiger partial charge in [-0.25, -0.2) is 9.78 Å². The number of rotatable bonds is 5. The lowest BCUT2D eigenvalue weighted by molar-refractivity contribution is -0.116. The van der Waals surface area contributed by atoms with Crippen molar-refractivity contribution in [3.63, 3.8) is 0 Å². The molecule has 6 heteroatoms. The van der Waals surface area contributed by atoms with Gasteiger partial charge >= 0.3 is 6.03 Å². The number of aromatic nitrogens is 1. The largest absolute Gasteiger partial charge is 0.338 e. The summed E-state index contributed by atoms with van der Waals surface area (Å²) in [6.45, 7) is 2.15. The first kappa shape index (κ1) is 16.0. The summed E-state index contributed by atoms with van der Waals surface area (Å²) in [7, 11) is 0. The van der Waals surface area contributed by atoms with Gasteiger partial charge in [0.25, 0.3) is 0 Å². The van der Waals surface area contributed by atoms with E-state index in [2.05, 4.69) is 27.0 Å². The van der Waals surface area contributed by atoms with Crippen LogP contribution in [0.3, 0.4) is 0 Å². The molecule has 0 spiro atoms. The average Bonchev–Trinajstić information content (AvgIpc) is 2.48. The fourth-order valence-corrected chi connectivity index (χ4v) is 2.26. The van der Waals surface area contributed by atoms with Crippen molar-refractivity contribution in [3.05, 3.63) is 36.0 Å². The lowest BCUT2D eigenvalue weighted by Crippen LogP contribution is -2.42. The summed E-state index contributed by atoms with van der Waals surface area (Å²) < 4.78 is 0. The number of carbonyl (C=O) groups excluding carboxylic acids is 2. The normalized spacial score (nSPS) is 16.9. The molecule has 3 N–H and O–H groups in total. The van der Waals surface area contributed by atoms with Crippen LogP contribution in [-0.2, 0) is 4.79 Å². The number of hydrogen-bond acceptors (Lipinski definition) is 3. The minimum Gasteiger partial charge on any atom is -0.338 e. The molecule has 1 heterocycles. The van der Waals surface area contributed by atoms with Crippen molar-refractivity contribution in [2.45, 2.75) is 38.6 Å². The van der Waals surface area contributed by atoms with Gasteiger partial charge < -0.3 is 16.0 Å². The molecule has 22 heavy (non-hydrogen) atoms. The van der Waals surface area contributed by atoms with Crippen molar-refractivity contribution in [3.8, 4) is 0 Å². The molecule has 1 aliphatic rings. The van der Waals surface area contributed by atoms with Crippen LogP contribution in [0.4, 0.5) is 10.6 Å². The van der Waals surface area contributed by atoms with Crippen molar-refractivity contribution in [1.29, 1.82) is 0 Å². The van der Waals surface area contributed by atoms with E-state index in [0.717, 1.165) is 25.0 Å². The molecular weight excluding hydrogens is 280 g/mol. The van der Waals surface area contributed by atoms with Gasteiger partial charge in [0.05, 0.1) is 0 Å². The van der Waals surface area contributed by atoms with Gasteiger partial charge in [-0.05, 0) is 38.3 Å². The quantitative estimate of drug-likeness (QED) is 0.729. The van der Waals surface area contributed by atoms with Gasteiger partial charge in [-0.3, -0.25) is 4.79 Å². The third-order valence-corrected chi connectivity index (χ3v) is 3.36. The number of pyridine rings is 1. The van der Waals surface area contributed by atoms with Crippen molar-refractivity contribution >= 4 is 17.8 Å². The number of urea groups is 1. The van der Waals surface area contributed by atoms with Gasteiger partial charge in [-0.15, -0.1) is 0 Å². The Bertz CT molecular complexity index is 557. The molecule has 0 fully saturated rings. The van der Waals surface area contributed by atoms with Gasteiger partial charge in [0.15, 0.2) is 0 Å². The van der Waals surface area contributed by atoms with Crippen molar-refractivity contribution in [2.75, 3.05) is 11.9 Å². The molecule has 0 radical (unpaired) electrons. The molecule has 2 rings (SSSR count). The summed E-state index contributed by atoms with van der Waals surface area (Å²) in [5, 5.41) is 8.27. The van der Waals surface area contributed by atoms with Crippen molar-refractivity contribution in [2.24, 2.45) is 0 Å². The van der Waals surface area contributed by atoms with Crippen LogP contribution in [0.15, 0.2) is 30.4 Å². The van der Waals surface area contributed by atoms with Crippen molar-refractivity contribution in [1.82, 2.24) is 15.6 Å². The Labute approximate surface area is 130 Å². The number of nitrogens with one attached hydrogen (secondary N) is 3. The van der Waals surface area contributed by atoms with Gasteiger partial charge in [0.1, 0.15) is 5.82 Å². The summed E-state index contributed by atoms with van der Waals surface area (Å²) in [4.78, 5) is 27.7. The zero-order valence-corrected chi connectivity index (χ0v) is 12.8. The predicted molar refractivity (Wildman–Crippen MR) is 85.5 cm³/mol. The highest BCUT2D eigenvalue weighted by Gasteiger charge is 2.11. The van der Waals surface area contributed by atoms with E-state index in [0.29, 0.717) is 12.4 Å². The van der Waals surface area contributed by atoms with Crippen LogP contribution in [-0.4, -0.2) is 29.5 Å². The molecule has 6 nitrogen and oxygen atoms in total. The summed E-state index contributed by atoms with van der Waals surface area (Å²) in [6.07, 6.45) is 7.43. The van der Waals surface area contributed by atoms with Gasteiger partial charge in [0.2, 0.25) is 5.91 Å². The molecule has 1 atom stereocenters. The molecule has 118 valence electrons. The Hall–Kier alpha value is -2.37. The summed E-state index contributed by atoms with van der Waals surface area (Å²) in [5.74, 6) is 0.359. The third-order valence-electron chi connectivity index (χ3n) is 3.36. The molecule has 0 bridgehead atoms. The van der Waals surface area contributed by atoms with E-state index in [1.165, 1.54) is 0 Å². The molecule has 3 amide bonds. The summed E-state index contributed by atoms with van der Waals surface area (Å²) >= 11 is 0. The highest BCUT2D eigenvalue weighted by Crippen LogP contribution is 2.09. The first-order valence-corrected chi connectivity index (χ1v) is 7.58. The SMILES string of the molecule is Cc1cccc(NC(=O)CCNC(=O)N[C@@H]2C=CCCC2)n1. The van der Waals surface area contributed by atoms with E-state index >= 15 is 0 Å². The number of allylic oxidation sites excluding steroid dienone is 1. The van der Waals surface area contributed by atoms with Crippen LogP contribution < -0.4 is 16.0 Å². The topological polar surface area (TPSA) is 83.1 Å². The molecule has 1 aromatic heterocycles. The minimum atomic E-state index is -0.238. The molecular formula is C16H22N4O2. The second-order valence-corrected chi connectivity index (χ2v) is 5.33. The lowest BCUT2D eigenvalue weighted by atomic mass is 10.0. The zero-order chi connectivity index (χ0) is 15.8. The van der Waals surface area contributed by atoms with E-state index in [1.54, 1.807) is 6.07 Å². The maximum Gasteiger partial charge on any atom is 0.315 e. The van der Waals surface area contributed by atoms with E-state index < -0.39 is 0 Å². The Morgan fingerprint density at radius 2 is 2.23 bits per heavy atom. The van der Waals surface area contributed by atoms with E-state index in [9.17, 15) is 9.59 Å². The maximum atomic E-state index is 11.8. The fourth-order valence-electron chi connectivity index (χ4n) is 2.26. The predicted octanol–water partition coefficient (Wildman–Crippen LogP) is 2.13. The second kappa shape index (κ2) is 8.17. The second-order valence-electron chi connectivity index (χ2n) is 5.33. The van der Waals surface area contributed by atoms with Gasteiger partial charge in [-0.2, -0.15) is 0 Å². The fraction of sp³-hybridized carbons (Fsp3) is 0.438. The van der Waals surface area contributed by atoms with E-state index in [-0.39, 0.29) is 24.4 Å². The zero-order valence-electron chi connectivity index (χ0n) is 12.8. The highest BCUT2D eigenvalue weighted by atomic mass is 16.2. The first-order chi connectivity index (χ1) is 10.6. The Balaban J connectivity index is 1.65. The summed E-state index contributed by atoms with van der Waals surface area (Å²) in [6, 6.07) is 5.29. The third kappa shape index (κ3) is 5.55. The summed E-state index contributed by atoms with van der Waals surface area (Å²) in [5.41, 5.74) is 0.843. The van der Waals surface area contributed by atoms with Crippen LogP contribution in [0.25, 0.3) is 0 Å². The standard InChI is InChI=1S/C16H22N4O2/c1-12-6-5-9-14(18-12)20-15(21)10-11-17-16(22)19-13-7-3-2-4-8-13/h3,5-7,9,13H,2,4,8,10-11H2,1H3,(H2,17,19,22)(H,18,20,21)/t13-/m1/s1. The highest BCUT2D eigenvalue weighted by molar-refractivity contribution is 5.90. The lowest BCUT2D eigenvalue weighted by Gasteiger charge is -2.18. The number of aryl methyl sites for hydroxylation is 1. The van der Waals surface area contributed by atoms with Crippen LogP contribution in [0.5, 0.6) is 0 Å². The molecule has 1 aromatic rings. The average molecular weight is 302 g/mol. The van der Waals surface area contributed by atoms with Gasteiger partial charge in [0, 0.05) is 24.7 Å². The van der Waals surface area contributed by atoms with Crippen LogP contribution in [0, 0.1) is 6.92 Å². The smallest absolute Gasteiger partial charge is 0.315 e. The number of amides is 3. The Morgan fingerprint density at radius 3 is 2.95 bits per heavy atom. The molecule has 0 saturated heterocycles. The van der Waals surface area contributed by atoms with E-state index in [1.807, 2.05) is 25.1 Å². The number of carbonyl (C=O) groups is 2. The monoisotopic (exact) mass is 302 g/mol. The van der Waals surface area contributed by atoms with Crippen molar-refractivity contribution < 1.29 is 9.59 Å². The molecule has 0 saturated carbocycles. The Kier molecular flexibility index (Phi) is 5.94. The van der Waals surface area contributed by atoms with Crippen LogP contribution in [0.1, 0.15) is 31.4 Å². The number of nitrogens with zero attached hydrogens (tertiary/aromatic N) is 1. The molecule has 0 aliphatic heterocycles. The van der Waals surface area contributed by atoms with Crippen LogP contribution >= 0.6 is 0 Å². The first-order valence-electron chi connectivity index (χ1n) is 7.58. The molecule has 1 aliphatic carbocycles. The number of hydrogen-bond donors (Lipinski definition) is 3. The maximum absolute atomic E-state index is 11.8. The Morgan fingerprint density at radius 1 is 1.36 bits per heavy atom. The van der Waals surface area contributed by atoms with E-state index in [4.69, 9.17) is 0 Å². The number of anilines is 1. The van der Waals surface area contributed by atoms with Crippen LogP contribution in [0.2, 0.25) is 0 Å².